The molecule has 0 aliphatic rings. The van der Waals surface area contributed by atoms with Crippen LogP contribution >= 0.6 is 11.6 Å². The number of carboxylic acids is 1. The zero-order chi connectivity index (χ0) is 16.2. The van der Waals surface area contributed by atoms with E-state index in [-0.39, 0.29) is 21.2 Å². The molecule has 4 nitrogen and oxygen atoms in total. The first-order valence-electron chi connectivity index (χ1n) is 6.70. The van der Waals surface area contributed by atoms with E-state index in [0.717, 1.165) is 11.6 Å². The molecule has 1 N–H and O–H groups in total. The Morgan fingerprint density at radius 1 is 1.09 bits per heavy atom. The minimum absolute atomic E-state index is 0.0460. The van der Waals surface area contributed by atoms with Crippen LogP contribution in [0.1, 0.15) is 22.3 Å². The van der Waals surface area contributed by atoms with Crippen LogP contribution in [-0.2, 0) is 16.3 Å². The van der Waals surface area contributed by atoms with E-state index in [2.05, 4.69) is 0 Å². The standard InChI is InChI=1S/C16H15ClO4S/c17-14-9-8-13(16(18)19)11-15(14)22(20,21)10-4-7-12-5-2-1-3-6-12/h1-3,5-6,8-9,11H,4,7,10H2,(H,18,19). The van der Waals surface area contributed by atoms with Gasteiger partial charge in [0.25, 0.3) is 0 Å². The van der Waals surface area contributed by atoms with Gasteiger partial charge in [0, 0.05) is 0 Å². The van der Waals surface area contributed by atoms with E-state index < -0.39 is 15.8 Å². The fourth-order valence-electron chi connectivity index (χ4n) is 2.10. The van der Waals surface area contributed by atoms with Crippen LogP contribution in [0.2, 0.25) is 5.02 Å². The van der Waals surface area contributed by atoms with Gasteiger partial charge in [-0.1, -0.05) is 41.9 Å². The molecule has 0 spiro atoms. The first-order chi connectivity index (χ1) is 10.4. The van der Waals surface area contributed by atoms with Crippen molar-refractivity contribution in [2.24, 2.45) is 0 Å². The van der Waals surface area contributed by atoms with Crippen molar-refractivity contribution < 1.29 is 18.3 Å². The molecule has 0 saturated heterocycles. The first kappa shape index (κ1) is 16.5. The minimum atomic E-state index is -3.61. The lowest BCUT2D eigenvalue weighted by Gasteiger charge is -2.08. The molecule has 0 aliphatic carbocycles. The first-order valence-corrected chi connectivity index (χ1v) is 8.73. The van der Waals surface area contributed by atoms with Crippen molar-refractivity contribution in [2.75, 3.05) is 5.75 Å². The maximum Gasteiger partial charge on any atom is 0.335 e. The molecule has 0 unspecified atom stereocenters. The third-order valence-corrected chi connectivity index (χ3v) is 5.51. The lowest BCUT2D eigenvalue weighted by molar-refractivity contribution is 0.0696. The molecule has 2 aromatic carbocycles. The highest BCUT2D eigenvalue weighted by atomic mass is 35.5. The van der Waals surface area contributed by atoms with Crippen molar-refractivity contribution in [1.29, 1.82) is 0 Å². The Morgan fingerprint density at radius 2 is 1.77 bits per heavy atom. The maximum atomic E-state index is 12.3. The Kier molecular flexibility index (Phi) is 5.21. The summed E-state index contributed by atoms with van der Waals surface area (Å²) < 4.78 is 24.7. The van der Waals surface area contributed by atoms with Crippen molar-refractivity contribution in [1.82, 2.24) is 0 Å². The smallest absolute Gasteiger partial charge is 0.335 e. The molecule has 0 radical (unpaired) electrons. The average Bonchev–Trinajstić information content (AvgIpc) is 2.48. The molecular weight excluding hydrogens is 324 g/mol. The summed E-state index contributed by atoms with van der Waals surface area (Å²) in [5.74, 6) is -1.26. The topological polar surface area (TPSA) is 71.4 Å². The van der Waals surface area contributed by atoms with Gasteiger partial charge in [0.2, 0.25) is 0 Å². The molecule has 0 aromatic heterocycles. The molecule has 2 aromatic rings. The molecule has 6 heteroatoms. The number of rotatable bonds is 6. The Labute approximate surface area is 134 Å². The van der Waals surface area contributed by atoms with E-state index in [1.807, 2.05) is 30.3 Å². The molecule has 22 heavy (non-hydrogen) atoms. The molecule has 0 bridgehead atoms. The van der Waals surface area contributed by atoms with E-state index in [1.54, 1.807) is 0 Å². The van der Waals surface area contributed by atoms with Crippen LogP contribution in [0.25, 0.3) is 0 Å². The number of benzene rings is 2. The summed E-state index contributed by atoms with van der Waals surface area (Å²) in [6, 6.07) is 13.3. The van der Waals surface area contributed by atoms with Crippen LogP contribution in [0.5, 0.6) is 0 Å². The second-order valence-electron chi connectivity index (χ2n) is 4.86. The third-order valence-electron chi connectivity index (χ3n) is 3.23. The van der Waals surface area contributed by atoms with Crippen molar-refractivity contribution in [2.45, 2.75) is 17.7 Å². The number of carboxylic acid groups (broad SMARTS) is 1. The SMILES string of the molecule is O=C(O)c1ccc(Cl)c(S(=O)(=O)CCCc2ccccc2)c1. The van der Waals surface area contributed by atoms with E-state index in [1.165, 1.54) is 12.1 Å². The average molecular weight is 339 g/mol. The highest BCUT2D eigenvalue weighted by Gasteiger charge is 2.20. The number of hydrogen-bond donors (Lipinski definition) is 1. The molecule has 116 valence electrons. The highest BCUT2D eigenvalue weighted by Crippen LogP contribution is 2.24. The van der Waals surface area contributed by atoms with Gasteiger partial charge in [0.1, 0.15) is 0 Å². The van der Waals surface area contributed by atoms with Crippen LogP contribution in [-0.4, -0.2) is 25.2 Å². The number of sulfone groups is 1. The minimum Gasteiger partial charge on any atom is -0.478 e. The van der Waals surface area contributed by atoms with Gasteiger partial charge in [-0.3, -0.25) is 0 Å². The summed E-state index contributed by atoms with van der Waals surface area (Å²) in [6.45, 7) is 0. The number of halogens is 1. The molecule has 0 fully saturated rings. The lowest BCUT2D eigenvalue weighted by atomic mass is 10.1. The summed E-state index contributed by atoms with van der Waals surface area (Å²) in [4.78, 5) is 10.8. The van der Waals surface area contributed by atoms with Crippen molar-refractivity contribution in [3.63, 3.8) is 0 Å². The number of aromatic carboxylic acids is 1. The summed E-state index contributed by atoms with van der Waals surface area (Å²) in [6.07, 6.45) is 1.08. The maximum absolute atomic E-state index is 12.3. The second-order valence-corrected chi connectivity index (χ2v) is 7.34. The summed E-state index contributed by atoms with van der Waals surface area (Å²) in [5, 5.41) is 9.00. The quantitative estimate of drug-likeness (QED) is 0.875. The van der Waals surface area contributed by atoms with Crippen molar-refractivity contribution >= 4 is 27.4 Å². The van der Waals surface area contributed by atoms with Gasteiger partial charge in [-0.05, 0) is 36.6 Å². The second kappa shape index (κ2) is 6.94. The van der Waals surface area contributed by atoms with Crippen molar-refractivity contribution in [3.8, 4) is 0 Å². The van der Waals surface area contributed by atoms with Gasteiger partial charge in [0.15, 0.2) is 9.84 Å². The van der Waals surface area contributed by atoms with Gasteiger partial charge in [0.05, 0.1) is 21.2 Å². The molecule has 0 aliphatic heterocycles. The summed E-state index contributed by atoms with van der Waals surface area (Å²) >= 11 is 5.91. The predicted molar refractivity (Wildman–Crippen MR) is 85.2 cm³/mol. The zero-order valence-corrected chi connectivity index (χ0v) is 13.3. The molecule has 0 amide bonds. The van der Waals surface area contributed by atoms with E-state index in [4.69, 9.17) is 16.7 Å². The molecule has 0 atom stereocenters. The van der Waals surface area contributed by atoms with Crippen LogP contribution in [0.3, 0.4) is 0 Å². The van der Waals surface area contributed by atoms with Crippen LogP contribution in [0, 0.1) is 0 Å². The van der Waals surface area contributed by atoms with Gasteiger partial charge in [-0.15, -0.1) is 0 Å². The molecule has 2 rings (SSSR count). The molecule has 0 saturated carbocycles. The normalized spacial score (nSPS) is 11.3. The van der Waals surface area contributed by atoms with Crippen molar-refractivity contribution in [3.05, 3.63) is 64.7 Å². The highest BCUT2D eigenvalue weighted by molar-refractivity contribution is 7.91. The van der Waals surface area contributed by atoms with Crippen LogP contribution in [0.4, 0.5) is 0 Å². The Hall–Kier alpha value is -1.85. The van der Waals surface area contributed by atoms with Gasteiger partial charge in [-0.2, -0.15) is 0 Å². The fourth-order valence-corrected chi connectivity index (χ4v) is 3.98. The Bertz CT molecular complexity index is 770. The van der Waals surface area contributed by atoms with Gasteiger partial charge >= 0.3 is 5.97 Å². The Morgan fingerprint density at radius 3 is 2.41 bits per heavy atom. The van der Waals surface area contributed by atoms with Gasteiger partial charge < -0.3 is 5.11 Å². The predicted octanol–water partition coefficient (Wildman–Crippen LogP) is 3.44. The number of aryl methyl sites for hydroxylation is 1. The third kappa shape index (κ3) is 4.08. The van der Waals surface area contributed by atoms with Crippen LogP contribution < -0.4 is 0 Å². The summed E-state index contributed by atoms with van der Waals surface area (Å²) in [5.41, 5.74) is 0.967. The molecule has 0 heterocycles. The monoisotopic (exact) mass is 338 g/mol. The van der Waals surface area contributed by atoms with Gasteiger partial charge in [-0.25, -0.2) is 13.2 Å². The summed E-state index contributed by atoms with van der Waals surface area (Å²) in [7, 11) is -3.61. The molecular formula is C16H15ClO4S. The zero-order valence-electron chi connectivity index (χ0n) is 11.7. The number of carbonyl (C=O) groups is 1. The Balaban J connectivity index is 2.13. The van der Waals surface area contributed by atoms with Crippen LogP contribution in [0.15, 0.2) is 53.4 Å². The van der Waals surface area contributed by atoms with E-state index in [0.29, 0.717) is 12.8 Å². The van der Waals surface area contributed by atoms with E-state index in [9.17, 15) is 13.2 Å². The van der Waals surface area contributed by atoms with E-state index >= 15 is 0 Å². The lowest BCUT2D eigenvalue weighted by Crippen LogP contribution is -2.10. The fraction of sp³-hybridized carbons (Fsp3) is 0.188. The largest absolute Gasteiger partial charge is 0.478 e. The number of hydrogen-bond acceptors (Lipinski definition) is 3.